The van der Waals surface area contributed by atoms with Crippen molar-refractivity contribution in [2.45, 2.75) is 26.2 Å². The summed E-state index contributed by atoms with van der Waals surface area (Å²) in [6, 6.07) is 0. The lowest BCUT2D eigenvalue weighted by Crippen LogP contribution is -2.33. The lowest BCUT2D eigenvalue weighted by Gasteiger charge is -2.13. The van der Waals surface area contributed by atoms with Gasteiger partial charge in [-0.2, -0.15) is 0 Å². The molecule has 1 aliphatic rings. The summed E-state index contributed by atoms with van der Waals surface area (Å²) >= 11 is 0. The lowest BCUT2D eigenvalue weighted by molar-refractivity contribution is -0.137. The van der Waals surface area contributed by atoms with Crippen LogP contribution in [0.2, 0.25) is 0 Å². The second kappa shape index (κ2) is 6.22. The van der Waals surface area contributed by atoms with Crippen LogP contribution in [0.25, 0.3) is 0 Å². The van der Waals surface area contributed by atoms with Crippen molar-refractivity contribution in [1.82, 2.24) is 10.2 Å². The van der Waals surface area contributed by atoms with Gasteiger partial charge in [-0.15, -0.1) is 0 Å². The third kappa shape index (κ3) is 4.05. The molecule has 0 aromatic rings. The van der Waals surface area contributed by atoms with E-state index < -0.39 is 5.97 Å². The van der Waals surface area contributed by atoms with Gasteiger partial charge in [0.15, 0.2) is 0 Å². The summed E-state index contributed by atoms with van der Waals surface area (Å²) < 4.78 is 0. The van der Waals surface area contributed by atoms with Crippen LogP contribution in [0.5, 0.6) is 0 Å². The fraction of sp³-hybridized carbons (Fsp3) is 0.727. The molecule has 1 rings (SSSR count). The molecule has 1 fully saturated rings. The molecule has 0 spiro atoms. The van der Waals surface area contributed by atoms with Gasteiger partial charge in [0.05, 0.1) is 5.92 Å². The van der Waals surface area contributed by atoms with Gasteiger partial charge in [-0.05, 0) is 13.3 Å². The maximum atomic E-state index is 11.7. The van der Waals surface area contributed by atoms with Crippen LogP contribution in [0.4, 0.5) is 0 Å². The Morgan fingerprint density at radius 3 is 2.76 bits per heavy atom. The Hall–Kier alpha value is -1.59. The first kappa shape index (κ1) is 13.5. The number of carbonyl (C=O) groups is 3. The zero-order valence-electron chi connectivity index (χ0n) is 9.94. The Bertz CT molecular complexity index is 317. The van der Waals surface area contributed by atoms with Crippen molar-refractivity contribution in [1.29, 1.82) is 0 Å². The standard InChI is InChI=1S/C11H18N2O4/c1-2-13-7-8(6-9(13)14)11(17)12-5-3-4-10(15)16/h8H,2-7H2,1H3,(H,12,17)(H,15,16). The van der Waals surface area contributed by atoms with Gasteiger partial charge < -0.3 is 15.3 Å². The molecule has 0 saturated carbocycles. The van der Waals surface area contributed by atoms with Gasteiger partial charge in [0, 0.05) is 32.5 Å². The molecule has 0 aromatic heterocycles. The number of aliphatic carboxylic acids is 1. The van der Waals surface area contributed by atoms with E-state index >= 15 is 0 Å². The first-order valence-electron chi connectivity index (χ1n) is 5.81. The monoisotopic (exact) mass is 242 g/mol. The Morgan fingerprint density at radius 2 is 2.24 bits per heavy atom. The molecular formula is C11H18N2O4. The molecule has 0 aromatic carbocycles. The summed E-state index contributed by atoms with van der Waals surface area (Å²) in [5.41, 5.74) is 0. The number of carboxylic acid groups (broad SMARTS) is 1. The summed E-state index contributed by atoms with van der Waals surface area (Å²) in [4.78, 5) is 35.0. The van der Waals surface area contributed by atoms with Gasteiger partial charge in [0.2, 0.25) is 11.8 Å². The minimum Gasteiger partial charge on any atom is -0.481 e. The van der Waals surface area contributed by atoms with E-state index in [1.807, 2.05) is 6.92 Å². The number of likely N-dealkylation sites (tertiary alicyclic amines) is 1. The quantitative estimate of drug-likeness (QED) is 0.633. The predicted octanol–water partition coefficient (Wildman–Crippen LogP) is -0.164. The summed E-state index contributed by atoms with van der Waals surface area (Å²) in [6.45, 7) is 3.33. The largest absolute Gasteiger partial charge is 0.481 e. The van der Waals surface area contributed by atoms with Crippen molar-refractivity contribution >= 4 is 17.8 Å². The van der Waals surface area contributed by atoms with E-state index in [4.69, 9.17) is 5.11 Å². The van der Waals surface area contributed by atoms with Crippen molar-refractivity contribution in [3.8, 4) is 0 Å². The third-order valence-electron chi connectivity index (χ3n) is 2.83. The third-order valence-corrected chi connectivity index (χ3v) is 2.83. The highest BCUT2D eigenvalue weighted by Gasteiger charge is 2.32. The average Bonchev–Trinajstić information content (AvgIpc) is 2.65. The molecule has 1 atom stereocenters. The predicted molar refractivity (Wildman–Crippen MR) is 60.2 cm³/mol. The number of carbonyl (C=O) groups excluding carboxylic acids is 2. The smallest absolute Gasteiger partial charge is 0.303 e. The average molecular weight is 242 g/mol. The number of hydrogen-bond acceptors (Lipinski definition) is 3. The molecule has 96 valence electrons. The SMILES string of the molecule is CCN1CC(C(=O)NCCCC(=O)O)CC1=O. The zero-order valence-corrected chi connectivity index (χ0v) is 9.94. The van der Waals surface area contributed by atoms with E-state index in [-0.39, 0.29) is 30.6 Å². The molecule has 0 bridgehead atoms. The highest BCUT2D eigenvalue weighted by atomic mass is 16.4. The van der Waals surface area contributed by atoms with E-state index in [0.717, 1.165) is 0 Å². The number of rotatable bonds is 6. The molecule has 0 aliphatic carbocycles. The zero-order chi connectivity index (χ0) is 12.8. The highest BCUT2D eigenvalue weighted by Crippen LogP contribution is 2.17. The van der Waals surface area contributed by atoms with Crippen molar-refractivity contribution < 1.29 is 19.5 Å². The Balaban J connectivity index is 2.25. The van der Waals surface area contributed by atoms with E-state index in [9.17, 15) is 14.4 Å². The Kier molecular flexibility index (Phi) is 4.93. The van der Waals surface area contributed by atoms with Gasteiger partial charge in [-0.25, -0.2) is 0 Å². The van der Waals surface area contributed by atoms with Crippen LogP contribution in [0.15, 0.2) is 0 Å². The topological polar surface area (TPSA) is 86.7 Å². The van der Waals surface area contributed by atoms with Crippen molar-refractivity contribution in [3.05, 3.63) is 0 Å². The summed E-state index contributed by atoms with van der Waals surface area (Å²) in [6.07, 6.45) is 0.725. The van der Waals surface area contributed by atoms with Crippen LogP contribution in [-0.4, -0.2) is 47.4 Å². The molecule has 6 nitrogen and oxygen atoms in total. The van der Waals surface area contributed by atoms with Crippen molar-refractivity contribution in [2.24, 2.45) is 5.92 Å². The highest BCUT2D eigenvalue weighted by molar-refractivity contribution is 5.89. The van der Waals surface area contributed by atoms with Gasteiger partial charge in [0.1, 0.15) is 0 Å². The molecule has 1 saturated heterocycles. The normalized spacial score (nSPS) is 19.5. The van der Waals surface area contributed by atoms with Gasteiger partial charge in [-0.1, -0.05) is 0 Å². The van der Waals surface area contributed by atoms with Crippen LogP contribution < -0.4 is 5.32 Å². The summed E-state index contributed by atoms with van der Waals surface area (Å²) in [5.74, 6) is -1.29. The lowest BCUT2D eigenvalue weighted by atomic mass is 10.1. The van der Waals surface area contributed by atoms with E-state index in [0.29, 0.717) is 26.1 Å². The van der Waals surface area contributed by atoms with Crippen molar-refractivity contribution in [2.75, 3.05) is 19.6 Å². The maximum Gasteiger partial charge on any atom is 0.303 e. The van der Waals surface area contributed by atoms with Crippen LogP contribution in [0, 0.1) is 5.92 Å². The molecule has 2 amide bonds. The molecule has 6 heteroatoms. The number of hydrogen-bond donors (Lipinski definition) is 2. The number of amides is 2. The van der Waals surface area contributed by atoms with Gasteiger partial charge >= 0.3 is 5.97 Å². The van der Waals surface area contributed by atoms with E-state index in [1.165, 1.54) is 0 Å². The minimum absolute atomic E-state index is 0.0122. The second-order valence-corrected chi connectivity index (χ2v) is 4.12. The Labute approximate surface area is 100.0 Å². The second-order valence-electron chi connectivity index (χ2n) is 4.12. The summed E-state index contributed by atoms with van der Waals surface area (Å²) in [7, 11) is 0. The molecule has 0 radical (unpaired) electrons. The first-order valence-corrected chi connectivity index (χ1v) is 5.81. The van der Waals surface area contributed by atoms with Crippen LogP contribution in [-0.2, 0) is 14.4 Å². The molecule has 2 N–H and O–H groups in total. The van der Waals surface area contributed by atoms with Gasteiger partial charge in [0.25, 0.3) is 0 Å². The van der Waals surface area contributed by atoms with E-state index in [2.05, 4.69) is 5.32 Å². The van der Waals surface area contributed by atoms with Crippen LogP contribution >= 0.6 is 0 Å². The number of nitrogens with zero attached hydrogens (tertiary/aromatic N) is 1. The molecule has 17 heavy (non-hydrogen) atoms. The minimum atomic E-state index is -0.868. The first-order chi connectivity index (χ1) is 8.04. The molecule has 1 unspecified atom stereocenters. The van der Waals surface area contributed by atoms with Crippen LogP contribution in [0.1, 0.15) is 26.2 Å². The fourth-order valence-corrected chi connectivity index (χ4v) is 1.85. The molecule has 1 heterocycles. The van der Waals surface area contributed by atoms with Crippen molar-refractivity contribution in [3.63, 3.8) is 0 Å². The van der Waals surface area contributed by atoms with Gasteiger partial charge in [-0.3, -0.25) is 14.4 Å². The van der Waals surface area contributed by atoms with E-state index in [1.54, 1.807) is 4.90 Å². The van der Waals surface area contributed by atoms with Crippen LogP contribution in [0.3, 0.4) is 0 Å². The summed E-state index contributed by atoms with van der Waals surface area (Å²) in [5, 5.41) is 11.1. The maximum absolute atomic E-state index is 11.7. The molecular weight excluding hydrogens is 224 g/mol. The number of nitrogens with one attached hydrogen (secondary N) is 1. The number of carboxylic acids is 1. The molecule has 1 aliphatic heterocycles. The fourth-order valence-electron chi connectivity index (χ4n) is 1.85. The Morgan fingerprint density at radius 1 is 1.53 bits per heavy atom.